The fraction of sp³-hybridized carbons (Fsp3) is 0.300. The van der Waals surface area contributed by atoms with Gasteiger partial charge in [-0.1, -0.05) is 49.4 Å². The second-order valence-electron chi connectivity index (χ2n) is 5.95. The van der Waals surface area contributed by atoms with Crippen LogP contribution < -0.4 is 5.32 Å². The smallest absolute Gasteiger partial charge is 0.224 e. The highest BCUT2D eigenvalue weighted by Gasteiger charge is 2.09. The van der Waals surface area contributed by atoms with Gasteiger partial charge in [0, 0.05) is 18.5 Å². The highest BCUT2D eigenvalue weighted by Crippen LogP contribution is 2.15. The predicted octanol–water partition coefficient (Wildman–Crippen LogP) is 4.03. The van der Waals surface area contributed by atoms with Crippen molar-refractivity contribution in [3.63, 3.8) is 0 Å². The highest BCUT2D eigenvalue weighted by atomic mass is 16.1. The van der Waals surface area contributed by atoms with Crippen LogP contribution >= 0.6 is 0 Å². The van der Waals surface area contributed by atoms with Gasteiger partial charge in [0.05, 0.1) is 0 Å². The van der Waals surface area contributed by atoms with E-state index >= 15 is 0 Å². The summed E-state index contributed by atoms with van der Waals surface area (Å²) in [7, 11) is 0. The summed E-state index contributed by atoms with van der Waals surface area (Å²) in [5.74, 6) is 0.373. The maximum absolute atomic E-state index is 12.1. The van der Waals surface area contributed by atoms with Gasteiger partial charge in [0.1, 0.15) is 6.29 Å². The number of carbonyl (C=O) groups is 2. The van der Waals surface area contributed by atoms with E-state index in [4.69, 9.17) is 0 Å². The minimum Gasteiger partial charge on any atom is -0.326 e. The molecule has 1 atom stereocenters. The largest absolute Gasteiger partial charge is 0.326 e. The van der Waals surface area contributed by atoms with E-state index in [0.29, 0.717) is 18.8 Å². The second kappa shape index (κ2) is 8.89. The van der Waals surface area contributed by atoms with Crippen LogP contribution in [-0.4, -0.2) is 12.2 Å². The van der Waals surface area contributed by atoms with Gasteiger partial charge in [0.15, 0.2) is 0 Å². The summed E-state index contributed by atoms with van der Waals surface area (Å²) in [6.07, 6.45) is 3.79. The molecule has 2 rings (SSSR count). The fourth-order valence-corrected chi connectivity index (χ4v) is 2.51. The van der Waals surface area contributed by atoms with E-state index in [2.05, 4.69) is 24.4 Å². The van der Waals surface area contributed by atoms with Crippen molar-refractivity contribution < 1.29 is 9.59 Å². The van der Waals surface area contributed by atoms with Crippen LogP contribution in [0.2, 0.25) is 0 Å². The maximum atomic E-state index is 12.1. The standard InChI is InChI=1S/C20H23NO2/c1-16(7-8-17-5-3-2-4-6-17)15-20(23)21-19-11-9-18(10-12-19)13-14-22/h2-6,9-12,14,16H,7-8,13,15H2,1H3,(H,21,23). The first-order chi connectivity index (χ1) is 11.2. The Morgan fingerprint density at radius 2 is 1.74 bits per heavy atom. The SMILES string of the molecule is CC(CCc1ccccc1)CC(=O)Nc1ccc(CC=O)cc1. The molecule has 1 unspecified atom stereocenters. The lowest BCUT2D eigenvalue weighted by molar-refractivity contribution is -0.117. The maximum Gasteiger partial charge on any atom is 0.224 e. The van der Waals surface area contributed by atoms with Gasteiger partial charge in [-0.05, 0) is 42.0 Å². The Bertz CT molecular complexity index is 620. The third-order valence-corrected chi connectivity index (χ3v) is 3.86. The number of nitrogens with one attached hydrogen (secondary N) is 1. The summed E-state index contributed by atoms with van der Waals surface area (Å²) < 4.78 is 0. The molecule has 1 N–H and O–H groups in total. The van der Waals surface area contributed by atoms with E-state index in [-0.39, 0.29) is 5.91 Å². The molecule has 2 aromatic carbocycles. The van der Waals surface area contributed by atoms with Gasteiger partial charge in [0.2, 0.25) is 5.91 Å². The molecule has 0 radical (unpaired) electrons. The number of carbonyl (C=O) groups excluding carboxylic acids is 2. The molecular formula is C20H23NO2. The number of hydrogen-bond donors (Lipinski definition) is 1. The second-order valence-corrected chi connectivity index (χ2v) is 5.95. The highest BCUT2D eigenvalue weighted by molar-refractivity contribution is 5.90. The molecule has 2 aromatic rings. The normalized spacial score (nSPS) is 11.7. The first kappa shape index (κ1) is 16.9. The molecule has 120 valence electrons. The number of benzene rings is 2. The molecule has 23 heavy (non-hydrogen) atoms. The molecule has 3 heteroatoms. The lowest BCUT2D eigenvalue weighted by Gasteiger charge is -2.12. The van der Waals surface area contributed by atoms with Crippen molar-refractivity contribution in [3.8, 4) is 0 Å². The topological polar surface area (TPSA) is 46.2 Å². The Balaban J connectivity index is 1.76. The molecule has 0 aliphatic heterocycles. The molecule has 0 aromatic heterocycles. The minimum absolute atomic E-state index is 0.0358. The van der Waals surface area contributed by atoms with Gasteiger partial charge in [0.25, 0.3) is 0 Å². The Morgan fingerprint density at radius 1 is 1.04 bits per heavy atom. The molecule has 0 aliphatic rings. The van der Waals surface area contributed by atoms with Crippen LogP contribution in [0, 0.1) is 5.92 Å². The van der Waals surface area contributed by atoms with Crippen LogP contribution in [0.4, 0.5) is 5.69 Å². The molecule has 0 spiro atoms. The quantitative estimate of drug-likeness (QED) is 0.748. The monoisotopic (exact) mass is 309 g/mol. The van der Waals surface area contributed by atoms with E-state index in [0.717, 1.165) is 30.4 Å². The van der Waals surface area contributed by atoms with E-state index in [1.807, 2.05) is 42.5 Å². The van der Waals surface area contributed by atoms with Crippen molar-refractivity contribution in [2.24, 2.45) is 5.92 Å². The number of aldehydes is 1. The zero-order chi connectivity index (χ0) is 16.5. The Labute approximate surface area is 137 Å². The molecule has 0 saturated carbocycles. The van der Waals surface area contributed by atoms with Crippen LogP contribution in [0.3, 0.4) is 0 Å². The van der Waals surface area contributed by atoms with Gasteiger partial charge in [-0.3, -0.25) is 4.79 Å². The zero-order valence-corrected chi connectivity index (χ0v) is 13.5. The van der Waals surface area contributed by atoms with Gasteiger partial charge in [-0.15, -0.1) is 0 Å². The predicted molar refractivity (Wildman–Crippen MR) is 93.4 cm³/mol. The van der Waals surface area contributed by atoms with Crippen molar-refractivity contribution >= 4 is 17.9 Å². The summed E-state index contributed by atoms with van der Waals surface area (Å²) >= 11 is 0. The molecule has 1 amide bonds. The third-order valence-electron chi connectivity index (χ3n) is 3.86. The van der Waals surface area contributed by atoms with Crippen molar-refractivity contribution in [1.29, 1.82) is 0 Å². The first-order valence-electron chi connectivity index (χ1n) is 8.03. The van der Waals surface area contributed by atoms with Crippen LogP contribution in [0.1, 0.15) is 30.9 Å². The van der Waals surface area contributed by atoms with Gasteiger partial charge < -0.3 is 10.1 Å². The lowest BCUT2D eigenvalue weighted by Crippen LogP contribution is -2.15. The van der Waals surface area contributed by atoms with Crippen LogP contribution in [-0.2, 0) is 22.4 Å². The van der Waals surface area contributed by atoms with E-state index < -0.39 is 0 Å². The number of hydrogen-bond acceptors (Lipinski definition) is 2. The van der Waals surface area contributed by atoms with E-state index in [9.17, 15) is 9.59 Å². The fourth-order valence-electron chi connectivity index (χ4n) is 2.51. The van der Waals surface area contributed by atoms with E-state index in [1.54, 1.807) is 0 Å². The summed E-state index contributed by atoms with van der Waals surface area (Å²) in [6, 6.07) is 17.7. The van der Waals surface area contributed by atoms with Gasteiger partial charge in [-0.2, -0.15) is 0 Å². The van der Waals surface area contributed by atoms with Crippen LogP contribution in [0.15, 0.2) is 54.6 Å². The number of amides is 1. The summed E-state index contributed by atoms with van der Waals surface area (Å²) in [5.41, 5.74) is 3.04. The summed E-state index contributed by atoms with van der Waals surface area (Å²) in [5, 5.41) is 2.91. The number of aryl methyl sites for hydroxylation is 1. The minimum atomic E-state index is 0.0358. The van der Waals surface area contributed by atoms with Crippen molar-refractivity contribution in [3.05, 3.63) is 65.7 Å². The van der Waals surface area contributed by atoms with Crippen LogP contribution in [0.5, 0.6) is 0 Å². The van der Waals surface area contributed by atoms with Crippen molar-refractivity contribution in [1.82, 2.24) is 0 Å². The number of rotatable bonds is 8. The molecule has 0 aliphatic carbocycles. The van der Waals surface area contributed by atoms with Gasteiger partial charge in [-0.25, -0.2) is 0 Å². The first-order valence-corrected chi connectivity index (χ1v) is 8.03. The van der Waals surface area contributed by atoms with Crippen molar-refractivity contribution in [2.75, 3.05) is 5.32 Å². The van der Waals surface area contributed by atoms with Crippen molar-refractivity contribution in [2.45, 2.75) is 32.6 Å². The van der Waals surface area contributed by atoms with E-state index in [1.165, 1.54) is 5.56 Å². The summed E-state index contributed by atoms with van der Waals surface area (Å²) in [4.78, 5) is 22.5. The Hall–Kier alpha value is -2.42. The van der Waals surface area contributed by atoms with Crippen LogP contribution in [0.25, 0.3) is 0 Å². The average Bonchev–Trinajstić information content (AvgIpc) is 2.56. The molecule has 0 heterocycles. The third kappa shape index (κ3) is 6.07. The Kier molecular flexibility index (Phi) is 6.55. The Morgan fingerprint density at radius 3 is 2.39 bits per heavy atom. The molecule has 0 fully saturated rings. The molecule has 3 nitrogen and oxygen atoms in total. The number of anilines is 1. The zero-order valence-electron chi connectivity index (χ0n) is 13.5. The molecule has 0 saturated heterocycles. The summed E-state index contributed by atoms with van der Waals surface area (Å²) in [6.45, 7) is 2.11. The van der Waals surface area contributed by atoms with Gasteiger partial charge >= 0.3 is 0 Å². The lowest BCUT2D eigenvalue weighted by atomic mass is 9.98. The molecular weight excluding hydrogens is 286 g/mol. The average molecular weight is 309 g/mol. The molecule has 0 bridgehead atoms.